The van der Waals surface area contributed by atoms with Gasteiger partial charge in [-0.1, -0.05) is 0 Å². The molecular formula is C21H39N9O8. The van der Waals surface area contributed by atoms with E-state index in [0.717, 1.165) is 0 Å². The molecule has 0 aliphatic heterocycles. The molecule has 216 valence electrons. The lowest BCUT2D eigenvalue weighted by Crippen LogP contribution is -2.57. The molecule has 0 aliphatic rings. The second-order valence-electron chi connectivity index (χ2n) is 8.46. The van der Waals surface area contributed by atoms with E-state index in [2.05, 4.69) is 20.9 Å². The number of carbonyl (C=O) groups is 6. The van der Waals surface area contributed by atoms with Gasteiger partial charge in [0.2, 0.25) is 23.6 Å². The Morgan fingerprint density at radius 3 is 1.74 bits per heavy atom. The molecule has 0 aromatic carbocycles. The number of aliphatic imine (C=N–C) groups is 1. The first-order valence-corrected chi connectivity index (χ1v) is 11.9. The minimum absolute atomic E-state index is 0.0289. The van der Waals surface area contributed by atoms with Gasteiger partial charge in [0.05, 0.1) is 12.5 Å². The summed E-state index contributed by atoms with van der Waals surface area (Å²) in [4.78, 5) is 75.5. The number of rotatable bonds is 20. The first kappa shape index (κ1) is 34.0. The van der Waals surface area contributed by atoms with E-state index in [1.807, 2.05) is 0 Å². The molecule has 4 unspecified atom stereocenters. The minimum Gasteiger partial charge on any atom is -0.481 e. The zero-order valence-electron chi connectivity index (χ0n) is 21.1. The number of guanidine groups is 1. The summed E-state index contributed by atoms with van der Waals surface area (Å²) in [6, 6.07) is -5.27. The molecule has 0 heterocycles. The molecular weight excluding hydrogens is 506 g/mol. The Kier molecular flexibility index (Phi) is 16.4. The standard InChI is InChI=1S/C21H39N9O8/c22-8-2-1-4-12(28-17(34)11(23)6-7-16(32)33)18(35)29-13(5-3-9-27-21(25)26)19(36)30-14(20(37)38)10-15(24)31/h11-14H,1-10,22-23H2,(H2,24,31)(H,28,34)(H,29,35)(H,30,36)(H,32,33)(H,37,38)(H4,25,26,27). The smallest absolute Gasteiger partial charge is 0.326 e. The molecule has 15 N–H and O–H groups in total. The third-order valence-electron chi connectivity index (χ3n) is 5.18. The molecule has 17 nitrogen and oxygen atoms in total. The number of aliphatic carboxylic acids is 2. The second kappa shape index (κ2) is 18.3. The van der Waals surface area contributed by atoms with Gasteiger partial charge in [-0.15, -0.1) is 0 Å². The van der Waals surface area contributed by atoms with Gasteiger partial charge in [0.25, 0.3) is 0 Å². The molecule has 0 aromatic rings. The second-order valence-corrected chi connectivity index (χ2v) is 8.46. The van der Waals surface area contributed by atoms with Crippen LogP contribution in [0.5, 0.6) is 0 Å². The monoisotopic (exact) mass is 545 g/mol. The number of nitrogens with two attached hydrogens (primary N) is 5. The van der Waals surface area contributed by atoms with Crippen molar-refractivity contribution in [3.63, 3.8) is 0 Å². The van der Waals surface area contributed by atoms with E-state index >= 15 is 0 Å². The zero-order valence-corrected chi connectivity index (χ0v) is 21.1. The van der Waals surface area contributed by atoms with Crippen LogP contribution in [-0.2, 0) is 28.8 Å². The first-order valence-electron chi connectivity index (χ1n) is 11.9. The van der Waals surface area contributed by atoms with Gasteiger partial charge in [0.1, 0.15) is 18.1 Å². The van der Waals surface area contributed by atoms with Crippen LogP contribution in [0.4, 0.5) is 0 Å². The number of carboxylic acids is 2. The number of amides is 4. The third-order valence-corrected chi connectivity index (χ3v) is 5.18. The van der Waals surface area contributed by atoms with Crippen molar-refractivity contribution in [2.45, 2.75) is 75.5 Å². The van der Waals surface area contributed by atoms with Gasteiger partial charge in [0, 0.05) is 13.0 Å². The highest BCUT2D eigenvalue weighted by molar-refractivity contribution is 5.95. The SMILES string of the molecule is NCCCCC(NC(=O)C(N)CCC(=O)O)C(=O)NC(CCCN=C(N)N)C(=O)NC(CC(N)=O)C(=O)O. The molecule has 0 rings (SSSR count). The van der Waals surface area contributed by atoms with E-state index in [9.17, 15) is 33.9 Å². The zero-order chi connectivity index (χ0) is 29.3. The number of primary amides is 1. The van der Waals surface area contributed by atoms with E-state index in [1.165, 1.54) is 0 Å². The quantitative estimate of drug-likeness (QED) is 0.0395. The van der Waals surface area contributed by atoms with E-state index < -0.39 is 66.2 Å². The average molecular weight is 546 g/mol. The van der Waals surface area contributed by atoms with Gasteiger partial charge in [-0.25, -0.2) is 4.79 Å². The van der Waals surface area contributed by atoms with Crippen LogP contribution in [0.15, 0.2) is 4.99 Å². The van der Waals surface area contributed by atoms with Crippen molar-refractivity contribution in [1.29, 1.82) is 0 Å². The summed E-state index contributed by atoms with van der Waals surface area (Å²) in [5.41, 5.74) is 26.8. The van der Waals surface area contributed by atoms with Crippen molar-refractivity contribution in [1.82, 2.24) is 16.0 Å². The van der Waals surface area contributed by atoms with Crippen LogP contribution in [0.1, 0.15) is 51.4 Å². The van der Waals surface area contributed by atoms with Gasteiger partial charge in [-0.2, -0.15) is 0 Å². The number of nitrogens with one attached hydrogen (secondary N) is 3. The molecule has 38 heavy (non-hydrogen) atoms. The Morgan fingerprint density at radius 1 is 0.737 bits per heavy atom. The fourth-order valence-electron chi connectivity index (χ4n) is 3.17. The molecule has 0 fully saturated rings. The van der Waals surface area contributed by atoms with E-state index in [0.29, 0.717) is 19.4 Å². The van der Waals surface area contributed by atoms with Crippen LogP contribution in [0.3, 0.4) is 0 Å². The summed E-state index contributed by atoms with van der Waals surface area (Å²) < 4.78 is 0. The molecule has 4 amide bonds. The van der Waals surface area contributed by atoms with Crippen molar-refractivity contribution in [2.24, 2.45) is 33.7 Å². The molecule has 0 aliphatic carbocycles. The number of carbonyl (C=O) groups excluding carboxylic acids is 4. The summed E-state index contributed by atoms with van der Waals surface area (Å²) >= 11 is 0. The number of hydrogen-bond donors (Lipinski definition) is 10. The topological polar surface area (TPSA) is 321 Å². The van der Waals surface area contributed by atoms with Crippen LogP contribution < -0.4 is 44.6 Å². The van der Waals surface area contributed by atoms with Crippen molar-refractivity contribution in [2.75, 3.05) is 13.1 Å². The lowest BCUT2D eigenvalue weighted by Gasteiger charge is -2.25. The predicted molar refractivity (Wildman–Crippen MR) is 135 cm³/mol. The predicted octanol–water partition coefficient (Wildman–Crippen LogP) is -4.22. The van der Waals surface area contributed by atoms with Crippen molar-refractivity contribution >= 4 is 41.5 Å². The average Bonchev–Trinajstić information content (AvgIpc) is 2.82. The molecule has 17 heteroatoms. The summed E-state index contributed by atoms with van der Waals surface area (Å²) in [7, 11) is 0. The highest BCUT2D eigenvalue weighted by Crippen LogP contribution is 2.07. The van der Waals surface area contributed by atoms with Crippen molar-refractivity contribution in [3.8, 4) is 0 Å². The molecule has 0 aromatic heterocycles. The maximum absolute atomic E-state index is 13.1. The minimum atomic E-state index is -1.63. The Labute approximate surface area is 219 Å². The van der Waals surface area contributed by atoms with Gasteiger partial charge >= 0.3 is 11.9 Å². The van der Waals surface area contributed by atoms with Crippen LogP contribution in [0.25, 0.3) is 0 Å². The highest BCUT2D eigenvalue weighted by Gasteiger charge is 2.30. The van der Waals surface area contributed by atoms with E-state index in [-0.39, 0.29) is 44.6 Å². The first-order chi connectivity index (χ1) is 17.8. The maximum Gasteiger partial charge on any atom is 0.326 e. The summed E-state index contributed by atoms with van der Waals surface area (Å²) in [5, 5.41) is 25.2. The Bertz CT molecular complexity index is 864. The molecule has 0 radical (unpaired) electrons. The van der Waals surface area contributed by atoms with Crippen molar-refractivity contribution in [3.05, 3.63) is 0 Å². The molecule has 0 spiro atoms. The molecule has 0 saturated heterocycles. The van der Waals surface area contributed by atoms with E-state index in [1.54, 1.807) is 0 Å². The fourth-order valence-corrected chi connectivity index (χ4v) is 3.17. The molecule has 0 saturated carbocycles. The Hall–Kier alpha value is -3.99. The third kappa shape index (κ3) is 15.2. The van der Waals surface area contributed by atoms with Gasteiger partial charge in [-0.3, -0.25) is 29.0 Å². The molecule has 4 atom stereocenters. The van der Waals surface area contributed by atoms with Crippen molar-refractivity contribution < 1.29 is 39.0 Å². The largest absolute Gasteiger partial charge is 0.481 e. The van der Waals surface area contributed by atoms with Gasteiger partial charge in [0.15, 0.2) is 5.96 Å². The fraction of sp³-hybridized carbons (Fsp3) is 0.667. The maximum atomic E-state index is 13.1. The number of carboxylic acid groups (broad SMARTS) is 2. The van der Waals surface area contributed by atoms with Crippen LogP contribution >= 0.6 is 0 Å². The van der Waals surface area contributed by atoms with Gasteiger partial charge < -0.3 is 54.8 Å². The molecule has 0 bridgehead atoms. The lowest BCUT2D eigenvalue weighted by atomic mass is 10.0. The highest BCUT2D eigenvalue weighted by atomic mass is 16.4. The van der Waals surface area contributed by atoms with Crippen LogP contribution in [0, 0.1) is 0 Å². The normalized spacial score (nSPS) is 13.7. The van der Waals surface area contributed by atoms with Crippen LogP contribution in [0.2, 0.25) is 0 Å². The summed E-state index contributed by atoms with van der Waals surface area (Å²) in [6.45, 7) is 0.424. The Morgan fingerprint density at radius 2 is 1.26 bits per heavy atom. The lowest BCUT2D eigenvalue weighted by molar-refractivity contribution is -0.144. The number of nitrogens with zero attached hydrogens (tertiary/aromatic N) is 1. The van der Waals surface area contributed by atoms with E-state index in [4.69, 9.17) is 33.8 Å². The number of hydrogen-bond acceptors (Lipinski definition) is 9. The summed E-state index contributed by atoms with van der Waals surface area (Å²) in [6.07, 6.45) is 0.0645. The summed E-state index contributed by atoms with van der Waals surface area (Å²) in [5.74, 6) is -6.26. The van der Waals surface area contributed by atoms with Gasteiger partial charge in [-0.05, 0) is 45.1 Å². The number of unbranched alkanes of at least 4 members (excludes halogenated alkanes) is 1. The Balaban J connectivity index is 5.66. The van der Waals surface area contributed by atoms with Crippen LogP contribution in [-0.4, -0.2) is 89.0 Å².